The molecular weight excluding hydrogens is 355 g/mol. The van der Waals surface area contributed by atoms with Gasteiger partial charge in [0, 0.05) is 6.20 Å². The SMILES string of the molecule is Cc1nnn(CC2CN(c3ccc(-n4cc(C#N)cn4)c(F)c3)C(=O)O2)n1. The fourth-order valence-corrected chi connectivity index (χ4v) is 2.77. The van der Waals surface area contributed by atoms with Gasteiger partial charge in [0.05, 0.1) is 24.0 Å². The fourth-order valence-electron chi connectivity index (χ4n) is 2.77. The van der Waals surface area contributed by atoms with Gasteiger partial charge in [0.1, 0.15) is 24.4 Å². The molecule has 136 valence electrons. The molecule has 0 N–H and O–H groups in total. The van der Waals surface area contributed by atoms with Crippen molar-refractivity contribution in [3.63, 3.8) is 0 Å². The molecule has 2 aromatic heterocycles. The molecular formula is C16H13FN8O2. The maximum atomic E-state index is 14.5. The van der Waals surface area contributed by atoms with Crippen LogP contribution in [0.15, 0.2) is 30.6 Å². The molecule has 1 fully saturated rings. The Morgan fingerprint density at radius 1 is 1.44 bits per heavy atom. The molecule has 1 amide bonds. The van der Waals surface area contributed by atoms with Crippen molar-refractivity contribution in [2.45, 2.75) is 19.6 Å². The zero-order chi connectivity index (χ0) is 19.0. The molecule has 3 heterocycles. The summed E-state index contributed by atoms with van der Waals surface area (Å²) in [5.74, 6) is -0.0584. The lowest BCUT2D eigenvalue weighted by molar-refractivity contribution is 0.126. The minimum absolute atomic E-state index is 0.173. The number of carbonyl (C=O) groups is 1. The van der Waals surface area contributed by atoms with Crippen LogP contribution in [0.1, 0.15) is 11.4 Å². The smallest absolute Gasteiger partial charge is 0.414 e. The van der Waals surface area contributed by atoms with E-state index in [1.54, 1.807) is 13.0 Å². The number of rotatable bonds is 4. The van der Waals surface area contributed by atoms with Crippen molar-refractivity contribution >= 4 is 11.8 Å². The highest BCUT2D eigenvalue weighted by atomic mass is 19.1. The molecule has 10 nitrogen and oxygen atoms in total. The quantitative estimate of drug-likeness (QED) is 0.679. The van der Waals surface area contributed by atoms with Crippen LogP contribution < -0.4 is 4.90 Å². The standard InChI is InChI=1S/C16H13FN8O2/c1-10-20-22-25(21-10)9-13-8-23(16(26)27-13)12-2-3-15(14(17)4-12)24-7-11(5-18)6-19-24/h2-4,6-7,13H,8-9H2,1H3. The zero-order valence-electron chi connectivity index (χ0n) is 14.2. The molecule has 1 aliphatic rings. The van der Waals surface area contributed by atoms with Crippen LogP contribution in [0.25, 0.3) is 5.69 Å². The van der Waals surface area contributed by atoms with E-state index >= 15 is 0 Å². The van der Waals surface area contributed by atoms with Crippen LogP contribution in [0.2, 0.25) is 0 Å². The first-order valence-electron chi connectivity index (χ1n) is 8.01. The van der Waals surface area contributed by atoms with E-state index < -0.39 is 18.0 Å². The van der Waals surface area contributed by atoms with Crippen LogP contribution in [-0.4, -0.2) is 48.7 Å². The third-order valence-corrected chi connectivity index (χ3v) is 4.00. The number of hydrogen-bond acceptors (Lipinski definition) is 7. The number of amides is 1. The average molecular weight is 368 g/mol. The average Bonchev–Trinajstić information content (AvgIpc) is 3.35. The molecule has 0 bridgehead atoms. The van der Waals surface area contributed by atoms with Crippen molar-refractivity contribution in [1.29, 1.82) is 5.26 Å². The lowest BCUT2D eigenvalue weighted by Crippen LogP contribution is -2.26. The molecule has 1 aliphatic heterocycles. The monoisotopic (exact) mass is 368 g/mol. The molecule has 0 spiro atoms. The number of carbonyl (C=O) groups excluding carboxylic acids is 1. The summed E-state index contributed by atoms with van der Waals surface area (Å²) in [6.45, 7) is 2.20. The van der Waals surface area contributed by atoms with Gasteiger partial charge in [0.25, 0.3) is 0 Å². The Morgan fingerprint density at radius 2 is 2.30 bits per heavy atom. The molecule has 1 saturated heterocycles. The van der Waals surface area contributed by atoms with Gasteiger partial charge in [-0.25, -0.2) is 13.9 Å². The number of ether oxygens (including phenoxy) is 1. The maximum Gasteiger partial charge on any atom is 0.414 e. The number of aryl methyl sites for hydroxylation is 1. The molecule has 3 aromatic rings. The number of cyclic esters (lactones) is 1. The highest BCUT2D eigenvalue weighted by Crippen LogP contribution is 2.25. The lowest BCUT2D eigenvalue weighted by Gasteiger charge is -2.14. The van der Waals surface area contributed by atoms with Gasteiger partial charge in [-0.3, -0.25) is 4.90 Å². The van der Waals surface area contributed by atoms with Crippen LogP contribution in [0.5, 0.6) is 0 Å². The number of hydrogen-bond donors (Lipinski definition) is 0. The second-order valence-corrected chi connectivity index (χ2v) is 5.93. The number of anilines is 1. The van der Waals surface area contributed by atoms with Gasteiger partial charge in [-0.1, -0.05) is 0 Å². The number of aromatic nitrogens is 6. The maximum absolute atomic E-state index is 14.5. The van der Waals surface area contributed by atoms with Gasteiger partial charge in [-0.2, -0.15) is 15.2 Å². The summed E-state index contributed by atoms with van der Waals surface area (Å²) in [5.41, 5.74) is 0.854. The van der Waals surface area contributed by atoms with E-state index in [1.807, 2.05) is 6.07 Å². The van der Waals surface area contributed by atoms with Gasteiger partial charge < -0.3 is 4.74 Å². The highest BCUT2D eigenvalue weighted by Gasteiger charge is 2.33. The van der Waals surface area contributed by atoms with Gasteiger partial charge in [-0.15, -0.1) is 10.2 Å². The molecule has 0 saturated carbocycles. The Morgan fingerprint density at radius 3 is 2.96 bits per heavy atom. The van der Waals surface area contributed by atoms with Crippen LogP contribution in [0.3, 0.4) is 0 Å². The van der Waals surface area contributed by atoms with Crippen molar-refractivity contribution in [2.75, 3.05) is 11.4 Å². The van der Waals surface area contributed by atoms with Crippen molar-refractivity contribution in [3.8, 4) is 11.8 Å². The van der Waals surface area contributed by atoms with E-state index in [4.69, 9.17) is 10.00 Å². The second-order valence-electron chi connectivity index (χ2n) is 5.93. The molecule has 0 radical (unpaired) electrons. The molecule has 1 unspecified atom stereocenters. The summed E-state index contributed by atoms with van der Waals surface area (Å²) in [5, 5.41) is 24.5. The van der Waals surface area contributed by atoms with Gasteiger partial charge in [0.15, 0.2) is 11.6 Å². The number of nitriles is 1. The Hall–Kier alpha value is -3.81. The predicted octanol–water partition coefficient (Wildman–Crippen LogP) is 1.20. The number of benzene rings is 1. The Labute approximate surface area is 152 Å². The topological polar surface area (TPSA) is 115 Å². The normalized spacial score (nSPS) is 16.4. The molecule has 4 rings (SSSR count). The minimum atomic E-state index is -0.579. The van der Waals surface area contributed by atoms with Crippen molar-refractivity contribution < 1.29 is 13.9 Å². The summed E-state index contributed by atoms with van der Waals surface area (Å²) in [6.07, 6.45) is 1.72. The Balaban J connectivity index is 1.52. The van der Waals surface area contributed by atoms with Crippen LogP contribution in [-0.2, 0) is 11.3 Å². The van der Waals surface area contributed by atoms with Gasteiger partial charge >= 0.3 is 6.09 Å². The molecule has 1 aromatic carbocycles. The van der Waals surface area contributed by atoms with Gasteiger partial charge in [0.2, 0.25) is 0 Å². The minimum Gasteiger partial charge on any atom is -0.442 e. The van der Waals surface area contributed by atoms with E-state index in [1.165, 1.54) is 38.9 Å². The molecule has 1 atom stereocenters. The second kappa shape index (κ2) is 6.49. The zero-order valence-corrected chi connectivity index (χ0v) is 14.2. The van der Waals surface area contributed by atoms with E-state index in [2.05, 4.69) is 20.5 Å². The van der Waals surface area contributed by atoms with Crippen LogP contribution in [0.4, 0.5) is 14.9 Å². The first-order valence-corrected chi connectivity index (χ1v) is 8.01. The van der Waals surface area contributed by atoms with Gasteiger partial charge in [-0.05, 0) is 30.3 Å². The third kappa shape index (κ3) is 3.20. The van der Waals surface area contributed by atoms with E-state index in [0.717, 1.165) is 0 Å². The van der Waals surface area contributed by atoms with Crippen molar-refractivity contribution in [2.24, 2.45) is 0 Å². The molecule has 27 heavy (non-hydrogen) atoms. The summed E-state index contributed by atoms with van der Waals surface area (Å²) >= 11 is 0. The summed E-state index contributed by atoms with van der Waals surface area (Å²) in [4.78, 5) is 14.8. The Bertz CT molecular complexity index is 1050. The summed E-state index contributed by atoms with van der Waals surface area (Å²) < 4.78 is 21.1. The largest absolute Gasteiger partial charge is 0.442 e. The highest BCUT2D eigenvalue weighted by molar-refractivity contribution is 5.89. The number of nitrogens with zero attached hydrogens (tertiary/aromatic N) is 8. The third-order valence-electron chi connectivity index (χ3n) is 4.00. The predicted molar refractivity (Wildman–Crippen MR) is 88.4 cm³/mol. The Kier molecular flexibility index (Phi) is 4.00. The van der Waals surface area contributed by atoms with Crippen molar-refractivity contribution in [3.05, 3.63) is 47.8 Å². The fraction of sp³-hybridized carbons (Fsp3) is 0.250. The molecule has 0 aliphatic carbocycles. The summed E-state index contributed by atoms with van der Waals surface area (Å²) in [7, 11) is 0. The number of halogens is 1. The van der Waals surface area contributed by atoms with E-state index in [-0.39, 0.29) is 18.8 Å². The van der Waals surface area contributed by atoms with Crippen molar-refractivity contribution in [1.82, 2.24) is 30.0 Å². The van der Waals surface area contributed by atoms with Crippen LogP contribution in [0, 0.1) is 24.1 Å². The number of tetrazole rings is 1. The lowest BCUT2D eigenvalue weighted by atomic mass is 10.2. The van der Waals surface area contributed by atoms with Crippen LogP contribution >= 0.6 is 0 Å². The summed E-state index contributed by atoms with van der Waals surface area (Å²) in [6, 6.07) is 6.24. The van der Waals surface area contributed by atoms with E-state index in [0.29, 0.717) is 17.1 Å². The molecule has 11 heteroatoms. The van der Waals surface area contributed by atoms with E-state index in [9.17, 15) is 9.18 Å². The first kappa shape index (κ1) is 16.6. The first-order chi connectivity index (χ1) is 13.0.